The number of carboxylic acids is 1. The number of nitrogens with one attached hydrogen (secondary N) is 1. The average Bonchev–Trinajstić information content (AvgIpc) is 3.08. The predicted octanol–water partition coefficient (Wildman–Crippen LogP) is 6.26. The summed E-state index contributed by atoms with van der Waals surface area (Å²) in [6.07, 6.45) is 6.00. The Kier molecular flexibility index (Phi) is 9.21. The summed E-state index contributed by atoms with van der Waals surface area (Å²) in [6, 6.07) is 24.1. The molecule has 8 heteroatoms. The molecule has 0 bridgehead atoms. The van der Waals surface area contributed by atoms with Crippen LogP contribution in [-0.2, 0) is 6.54 Å². The maximum atomic E-state index is 14.3. The minimum Gasteiger partial charge on any atom is -0.478 e. The summed E-state index contributed by atoms with van der Waals surface area (Å²) in [6.45, 7) is 5.00. The zero-order valence-electron chi connectivity index (χ0n) is 25.7. The number of hydrogen-bond donors (Lipinski definition) is 2. The molecule has 1 aliphatic carbocycles. The maximum absolute atomic E-state index is 14.3. The zero-order valence-corrected chi connectivity index (χ0v) is 25.7. The molecule has 1 atom stereocenters. The highest BCUT2D eigenvalue weighted by Crippen LogP contribution is 2.33. The fraction of sp³-hybridized carbons (Fsp3) is 0.351. The molecule has 45 heavy (non-hydrogen) atoms. The van der Waals surface area contributed by atoms with Crippen molar-refractivity contribution >= 4 is 28.7 Å². The first-order valence-electron chi connectivity index (χ1n) is 16.0. The van der Waals surface area contributed by atoms with E-state index in [9.17, 15) is 19.5 Å². The summed E-state index contributed by atoms with van der Waals surface area (Å²) in [4.78, 5) is 47.9. The number of nitrogens with zero attached hydrogens (tertiary/aromatic N) is 3. The maximum Gasteiger partial charge on any atom is 0.335 e. The van der Waals surface area contributed by atoms with Gasteiger partial charge in [0.25, 0.3) is 11.8 Å². The standard InChI is InChI=1S/C37H40N4O4/c1-25(26-10-4-2-5-11-26)38-35(42)33-30-14-8-9-15-32(30)39-34(27-12-6-3-7-13-27)31(33)24-40-20-22-41(23-21-40)36(43)28-16-18-29(19-17-28)37(44)45/h3,6-9,12-19,25-26H,2,4-5,10-11,20-24H2,1H3,(H,38,42)(H,44,45). The van der Waals surface area contributed by atoms with Crippen LogP contribution in [0.5, 0.6) is 0 Å². The van der Waals surface area contributed by atoms with Crippen molar-refractivity contribution in [2.75, 3.05) is 26.2 Å². The van der Waals surface area contributed by atoms with Gasteiger partial charge in [0.05, 0.1) is 22.3 Å². The molecular weight excluding hydrogens is 564 g/mol. The highest BCUT2D eigenvalue weighted by molar-refractivity contribution is 6.09. The van der Waals surface area contributed by atoms with Crippen LogP contribution in [0.3, 0.4) is 0 Å². The second-order valence-corrected chi connectivity index (χ2v) is 12.3. The van der Waals surface area contributed by atoms with Gasteiger partial charge in [-0.2, -0.15) is 0 Å². The topological polar surface area (TPSA) is 103 Å². The highest BCUT2D eigenvalue weighted by Gasteiger charge is 2.29. The van der Waals surface area contributed by atoms with Crippen molar-refractivity contribution in [3.8, 4) is 11.3 Å². The van der Waals surface area contributed by atoms with Crippen molar-refractivity contribution in [3.63, 3.8) is 0 Å². The molecule has 1 saturated heterocycles. The average molecular weight is 605 g/mol. The molecule has 4 aromatic rings. The SMILES string of the molecule is CC(NC(=O)c1c(CN2CCN(C(=O)c3ccc(C(=O)O)cc3)CC2)c(-c2ccccc2)nc2ccccc12)C1CCCCC1. The van der Waals surface area contributed by atoms with Gasteiger partial charge in [0.1, 0.15) is 0 Å². The Balaban J connectivity index is 1.29. The fourth-order valence-electron chi connectivity index (χ4n) is 6.80. The number of rotatable bonds is 8. The number of carbonyl (C=O) groups excluding carboxylic acids is 2. The highest BCUT2D eigenvalue weighted by atomic mass is 16.4. The normalized spacial score (nSPS) is 16.8. The minimum absolute atomic E-state index is 0.0579. The van der Waals surface area contributed by atoms with Gasteiger partial charge in [-0.1, -0.05) is 67.8 Å². The van der Waals surface area contributed by atoms with E-state index in [-0.39, 0.29) is 23.4 Å². The van der Waals surface area contributed by atoms with Gasteiger partial charge in [0, 0.05) is 60.8 Å². The number of para-hydroxylation sites is 1. The van der Waals surface area contributed by atoms with Crippen LogP contribution in [0.25, 0.3) is 22.2 Å². The molecule has 8 nitrogen and oxygen atoms in total. The Morgan fingerprint density at radius 1 is 0.844 bits per heavy atom. The van der Waals surface area contributed by atoms with Crippen LogP contribution in [0.4, 0.5) is 0 Å². The number of amides is 2. The van der Waals surface area contributed by atoms with E-state index in [1.54, 1.807) is 12.1 Å². The number of carboxylic acid groups (broad SMARTS) is 1. The summed E-state index contributed by atoms with van der Waals surface area (Å²) in [5.41, 5.74) is 4.77. The van der Waals surface area contributed by atoms with Gasteiger partial charge < -0.3 is 15.3 Å². The number of hydrogen-bond acceptors (Lipinski definition) is 5. The molecule has 1 saturated carbocycles. The molecule has 1 aromatic heterocycles. The lowest BCUT2D eigenvalue weighted by molar-refractivity contribution is 0.0626. The number of benzene rings is 3. The Morgan fingerprint density at radius 3 is 2.18 bits per heavy atom. The van der Waals surface area contributed by atoms with Crippen molar-refractivity contribution in [2.24, 2.45) is 5.92 Å². The van der Waals surface area contributed by atoms with Gasteiger partial charge in [-0.25, -0.2) is 9.78 Å². The second kappa shape index (κ2) is 13.6. The van der Waals surface area contributed by atoms with Crippen LogP contribution in [0.2, 0.25) is 0 Å². The first-order valence-corrected chi connectivity index (χ1v) is 16.0. The molecule has 3 aromatic carbocycles. The van der Waals surface area contributed by atoms with E-state index in [2.05, 4.69) is 17.1 Å². The van der Waals surface area contributed by atoms with E-state index in [1.165, 1.54) is 31.4 Å². The monoisotopic (exact) mass is 604 g/mol. The van der Waals surface area contributed by atoms with Crippen LogP contribution in [0.15, 0.2) is 78.9 Å². The van der Waals surface area contributed by atoms with Gasteiger partial charge in [0.2, 0.25) is 0 Å². The van der Waals surface area contributed by atoms with Crippen molar-refractivity contribution in [1.82, 2.24) is 20.1 Å². The summed E-state index contributed by atoms with van der Waals surface area (Å²) >= 11 is 0. The van der Waals surface area contributed by atoms with E-state index in [0.717, 1.165) is 40.6 Å². The molecule has 2 amide bonds. The number of carbonyl (C=O) groups is 3. The number of aromatic nitrogens is 1. The number of pyridine rings is 1. The lowest BCUT2D eigenvalue weighted by atomic mass is 9.84. The minimum atomic E-state index is -1.02. The van der Waals surface area contributed by atoms with Gasteiger partial charge in [-0.15, -0.1) is 0 Å². The summed E-state index contributed by atoms with van der Waals surface area (Å²) in [7, 11) is 0. The number of fused-ring (bicyclic) bond motifs is 1. The molecule has 1 unspecified atom stereocenters. The third kappa shape index (κ3) is 6.76. The van der Waals surface area contributed by atoms with Gasteiger partial charge in [-0.3, -0.25) is 14.5 Å². The van der Waals surface area contributed by atoms with Crippen molar-refractivity contribution in [1.29, 1.82) is 0 Å². The third-order valence-corrected chi connectivity index (χ3v) is 9.40. The molecule has 0 spiro atoms. The van der Waals surface area contributed by atoms with Crippen molar-refractivity contribution in [2.45, 2.75) is 51.6 Å². The van der Waals surface area contributed by atoms with E-state index >= 15 is 0 Å². The molecule has 6 rings (SSSR count). The predicted molar refractivity (Wildman–Crippen MR) is 175 cm³/mol. The summed E-state index contributed by atoms with van der Waals surface area (Å²) < 4.78 is 0. The molecule has 2 heterocycles. The van der Waals surface area contributed by atoms with Crippen LogP contribution in [0, 0.1) is 5.92 Å². The molecule has 0 radical (unpaired) electrons. The fourth-order valence-corrected chi connectivity index (χ4v) is 6.80. The van der Waals surface area contributed by atoms with E-state index < -0.39 is 5.97 Å². The molecule has 232 valence electrons. The Morgan fingerprint density at radius 2 is 1.49 bits per heavy atom. The lowest BCUT2D eigenvalue weighted by Crippen LogP contribution is -2.48. The first-order chi connectivity index (χ1) is 21.9. The number of aromatic carboxylic acids is 1. The van der Waals surface area contributed by atoms with Gasteiger partial charge in [0.15, 0.2) is 0 Å². The van der Waals surface area contributed by atoms with Gasteiger partial charge in [-0.05, 0) is 56.0 Å². The van der Waals surface area contributed by atoms with Gasteiger partial charge >= 0.3 is 5.97 Å². The molecule has 2 N–H and O–H groups in total. The van der Waals surface area contributed by atoms with E-state index in [0.29, 0.717) is 49.8 Å². The largest absolute Gasteiger partial charge is 0.478 e. The summed E-state index contributed by atoms with van der Waals surface area (Å²) in [5, 5.41) is 13.4. The molecule has 2 aliphatic rings. The van der Waals surface area contributed by atoms with Crippen LogP contribution < -0.4 is 5.32 Å². The van der Waals surface area contributed by atoms with Crippen molar-refractivity contribution in [3.05, 3.63) is 101 Å². The first kappa shape index (κ1) is 30.5. The van der Waals surface area contributed by atoms with Crippen LogP contribution >= 0.6 is 0 Å². The lowest BCUT2D eigenvalue weighted by Gasteiger charge is -2.35. The quantitative estimate of drug-likeness (QED) is 0.246. The Hall–Kier alpha value is -4.56. The van der Waals surface area contributed by atoms with E-state index in [4.69, 9.17) is 4.98 Å². The second-order valence-electron chi connectivity index (χ2n) is 12.3. The smallest absolute Gasteiger partial charge is 0.335 e. The third-order valence-electron chi connectivity index (χ3n) is 9.40. The molecule has 2 fully saturated rings. The van der Waals surface area contributed by atoms with Crippen LogP contribution in [-0.4, -0.2) is 69.9 Å². The van der Waals surface area contributed by atoms with Crippen molar-refractivity contribution < 1.29 is 19.5 Å². The number of piperazine rings is 1. The van der Waals surface area contributed by atoms with E-state index in [1.807, 2.05) is 59.5 Å². The summed E-state index contributed by atoms with van der Waals surface area (Å²) in [5.74, 6) is -0.700. The Bertz CT molecular complexity index is 1670. The molecular formula is C37H40N4O4. The Labute approximate surface area is 264 Å². The van der Waals surface area contributed by atoms with Crippen LogP contribution in [0.1, 0.15) is 75.7 Å². The molecule has 1 aliphatic heterocycles. The zero-order chi connectivity index (χ0) is 31.3.